The van der Waals surface area contributed by atoms with E-state index >= 15 is 0 Å². The van der Waals surface area contributed by atoms with Crippen LogP contribution in [0.25, 0.3) is 0 Å². The maximum atomic E-state index is 10.7. The van der Waals surface area contributed by atoms with Crippen LogP contribution in [0.4, 0.5) is 0 Å². The van der Waals surface area contributed by atoms with Gasteiger partial charge in [0, 0.05) is 12.2 Å². The number of ether oxygens (including phenoxy) is 2. The average Bonchev–Trinajstić information content (AvgIpc) is 2.31. The number of aldehydes is 1. The second-order valence-electron chi connectivity index (χ2n) is 3.39. The molecule has 17 heavy (non-hydrogen) atoms. The first kappa shape index (κ1) is 14.7. The van der Waals surface area contributed by atoms with Crippen LogP contribution in [0.1, 0.15) is 23.7 Å². The molecule has 0 fully saturated rings. The van der Waals surface area contributed by atoms with Gasteiger partial charge in [0.05, 0.1) is 15.6 Å². The lowest BCUT2D eigenvalue weighted by atomic mass is 10.2. The molecule has 1 rings (SSSR count). The molecule has 0 aromatic heterocycles. The van der Waals surface area contributed by atoms with Crippen LogP contribution in [-0.4, -0.2) is 26.1 Å². The summed E-state index contributed by atoms with van der Waals surface area (Å²) in [7, 11) is 0. The van der Waals surface area contributed by atoms with Crippen LogP contribution in [0.15, 0.2) is 21.1 Å². The van der Waals surface area contributed by atoms with Crippen molar-refractivity contribution >= 4 is 38.1 Å². The number of hydrogen-bond donors (Lipinski definition) is 0. The van der Waals surface area contributed by atoms with E-state index in [1.807, 2.05) is 0 Å². The molecule has 0 unspecified atom stereocenters. The zero-order chi connectivity index (χ0) is 12.7. The highest BCUT2D eigenvalue weighted by atomic mass is 79.9. The van der Waals surface area contributed by atoms with Crippen LogP contribution in [0, 0.1) is 0 Å². The number of benzene rings is 1. The SMILES string of the molecule is CCCOCCOc1c(Br)cc(C=O)cc1Br. The first-order chi connectivity index (χ1) is 8.19. The van der Waals surface area contributed by atoms with Gasteiger partial charge in [0.25, 0.3) is 0 Å². The largest absolute Gasteiger partial charge is 0.489 e. The fraction of sp³-hybridized carbons (Fsp3) is 0.417. The predicted molar refractivity (Wildman–Crippen MR) is 73.8 cm³/mol. The summed E-state index contributed by atoms with van der Waals surface area (Å²) in [6.45, 7) is 3.85. The summed E-state index contributed by atoms with van der Waals surface area (Å²) >= 11 is 6.73. The Hall–Kier alpha value is -0.390. The van der Waals surface area contributed by atoms with Gasteiger partial charge in [0.1, 0.15) is 18.6 Å². The standard InChI is InChI=1S/C12H14Br2O3/c1-2-3-16-4-5-17-12-10(13)6-9(8-15)7-11(12)14/h6-8H,2-5H2,1H3. The van der Waals surface area contributed by atoms with Gasteiger partial charge < -0.3 is 9.47 Å². The van der Waals surface area contributed by atoms with E-state index in [2.05, 4.69) is 38.8 Å². The normalized spacial score (nSPS) is 10.3. The van der Waals surface area contributed by atoms with Crippen molar-refractivity contribution in [2.75, 3.05) is 19.8 Å². The van der Waals surface area contributed by atoms with E-state index in [1.165, 1.54) is 0 Å². The minimum absolute atomic E-state index is 0.484. The van der Waals surface area contributed by atoms with Gasteiger partial charge in [0.2, 0.25) is 0 Å². The molecule has 0 heterocycles. The van der Waals surface area contributed by atoms with Crippen LogP contribution in [0.2, 0.25) is 0 Å². The average molecular weight is 366 g/mol. The first-order valence-electron chi connectivity index (χ1n) is 5.33. The third-order valence-corrected chi connectivity index (χ3v) is 3.16. The van der Waals surface area contributed by atoms with Crippen LogP contribution in [0.3, 0.4) is 0 Å². The molecule has 0 aliphatic rings. The highest BCUT2D eigenvalue weighted by Gasteiger charge is 2.08. The Labute approximate surface area is 118 Å². The van der Waals surface area contributed by atoms with Gasteiger partial charge in [-0.25, -0.2) is 0 Å². The summed E-state index contributed by atoms with van der Waals surface area (Å²) in [4.78, 5) is 10.7. The highest BCUT2D eigenvalue weighted by Crippen LogP contribution is 2.34. The molecular weight excluding hydrogens is 352 g/mol. The second kappa shape index (κ2) is 7.84. The van der Waals surface area contributed by atoms with Crippen LogP contribution in [-0.2, 0) is 4.74 Å². The molecule has 0 bridgehead atoms. The number of hydrogen-bond acceptors (Lipinski definition) is 3. The highest BCUT2D eigenvalue weighted by molar-refractivity contribution is 9.11. The summed E-state index contributed by atoms with van der Waals surface area (Å²) in [6, 6.07) is 3.44. The van der Waals surface area contributed by atoms with Gasteiger partial charge in [-0.2, -0.15) is 0 Å². The van der Waals surface area contributed by atoms with Crippen molar-refractivity contribution in [3.05, 3.63) is 26.6 Å². The van der Waals surface area contributed by atoms with Crippen molar-refractivity contribution in [2.45, 2.75) is 13.3 Å². The predicted octanol–water partition coefficient (Wildman–Crippen LogP) is 3.83. The number of rotatable bonds is 7. The smallest absolute Gasteiger partial charge is 0.150 e. The Morgan fingerprint density at radius 3 is 2.35 bits per heavy atom. The maximum Gasteiger partial charge on any atom is 0.150 e. The molecule has 94 valence electrons. The van der Waals surface area contributed by atoms with E-state index in [0.29, 0.717) is 24.5 Å². The molecule has 3 nitrogen and oxygen atoms in total. The Balaban J connectivity index is 2.56. The van der Waals surface area contributed by atoms with Crippen molar-refractivity contribution < 1.29 is 14.3 Å². The van der Waals surface area contributed by atoms with Crippen molar-refractivity contribution in [1.82, 2.24) is 0 Å². The van der Waals surface area contributed by atoms with Crippen molar-refractivity contribution in [2.24, 2.45) is 0 Å². The van der Waals surface area contributed by atoms with E-state index in [9.17, 15) is 4.79 Å². The van der Waals surface area contributed by atoms with Gasteiger partial charge in [-0.1, -0.05) is 6.92 Å². The Kier molecular flexibility index (Phi) is 6.77. The van der Waals surface area contributed by atoms with Crippen LogP contribution in [0.5, 0.6) is 5.75 Å². The first-order valence-corrected chi connectivity index (χ1v) is 6.92. The van der Waals surface area contributed by atoms with Gasteiger partial charge in [-0.3, -0.25) is 4.79 Å². The van der Waals surface area contributed by atoms with E-state index < -0.39 is 0 Å². The molecule has 0 N–H and O–H groups in total. The molecule has 0 radical (unpaired) electrons. The van der Waals surface area contributed by atoms with Crippen LogP contribution >= 0.6 is 31.9 Å². The second-order valence-corrected chi connectivity index (χ2v) is 5.10. The van der Waals surface area contributed by atoms with Gasteiger partial charge >= 0.3 is 0 Å². The Bertz CT molecular complexity index is 357. The fourth-order valence-corrected chi connectivity index (χ4v) is 2.69. The zero-order valence-electron chi connectivity index (χ0n) is 9.54. The van der Waals surface area contributed by atoms with E-state index in [0.717, 1.165) is 28.3 Å². The maximum absolute atomic E-state index is 10.7. The topological polar surface area (TPSA) is 35.5 Å². The van der Waals surface area contributed by atoms with Gasteiger partial charge in [-0.15, -0.1) is 0 Å². The summed E-state index contributed by atoms with van der Waals surface area (Å²) < 4.78 is 12.4. The monoisotopic (exact) mass is 364 g/mol. The molecular formula is C12H14Br2O3. The van der Waals surface area contributed by atoms with Gasteiger partial charge in [-0.05, 0) is 50.4 Å². The number of carbonyl (C=O) groups is 1. The molecule has 0 aliphatic carbocycles. The van der Waals surface area contributed by atoms with Gasteiger partial charge in [0.15, 0.2) is 0 Å². The number of halogens is 2. The van der Waals surface area contributed by atoms with Crippen molar-refractivity contribution in [3.63, 3.8) is 0 Å². The Morgan fingerprint density at radius 2 is 1.82 bits per heavy atom. The van der Waals surface area contributed by atoms with E-state index in [1.54, 1.807) is 12.1 Å². The quantitative estimate of drug-likeness (QED) is 0.544. The minimum Gasteiger partial charge on any atom is -0.489 e. The third-order valence-electron chi connectivity index (χ3n) is 1.98. The molecule has 0 amide bonds. The lowest BCUT2D eigenvalue weighted by molar-refractivity contribution is 0.100. The third kappa shape index (κ3) is 4.77. The summed E-state index contributed by atoms with van der Waals surface area (Å²) in [5.74, 6) is 0.690. The lowest BCUT2D eigenvalue weighted by Crippen LogP contribution is -2.07. The van der Waals surface area contributed by atoms with Crippen molar-refractivity contribution in [1.29, 1.82) is 0 Å². The van der Waals surface area contributed by atoms with E-state index in [-0.39, 0.29) is 0 Å². The lowest BCUT2D eigenvalue weighted by Gasteiger charge is -2.11. The van der Waals surface area contributed by atoms with Crippen molar-refractivity contribution in [3.8, 4) is 5.75 Å². The molecule has 1 aromatic rings. The minimum atomic E-state index is 0.484. The molecule has 1 aromatic carbocycles. The molecule has 0 saturated carbocycles. The zero-order valence-corrected chi connectivity index (χ0v) is 12.7. The Morgan fingerprint density at radius 1 is 1.18 bits per heavy atom. The molecule has 0 aliphatic heterocycles. The summed E-state index contributed by atoms with van der Waals surface area (Å²) in [6.07, 6.45) is 1.80. The summed E-state index contributed by atoms with van der Waals surface area (Å²) in [5.41, 5.74) is 0.596. The molecule has 5 heteroatoms. The van der Waals surface area contributed by atoms with E-state index in [4.69, 9.17) is 9.47 Å². The van der Waals surface area contributed by atoms with Crippen LogP contribution < -0.4 is 4.74 Å². The molecule has 0 atom stereocenters. The molecule has 0 spiro atoms. The number of carbonyl (C=O) groups excluding carboxylic acids is 1. The molecule has 0 saturated heterocycles. The fourth-order valence-electron chi connectivity index (χ4n) is 1.23. The summed E-state index contributed by atoms with van der Waals surface area (Å²) in [5, 5.41) is 0.